The van der Waals surface area contributed by atoms with Gasteiger partial charge in [0.05, 0.1) is 32.5 Å². The molecule has 1 N–H and O–H groups in total. The van der Waals surface area contributed by atoms with Gasteiger partial charge in [-0.3, -0.25) is 9.59 Å². The van der Waals surface area contributed by atoms with E-state index in [2.05, 4.69) is 5.32 Å². The lowest BCUT2D eigenvalue weighted by Gasteiger charge is -2.18. The number of amides is 1. The number of ether oxygens (including phenoxy) is 4. The summed E-state index contributed by atoms with van der Waals surface area (Å²) in [6, 6.07) is 14.1. The van der Waals surface area contributed by atoms with Crippen LogP contribution in [0.1, 0.15) is 29.6 Å². The van der Waals surface area contributed by atoms with Crippen LogP contribution in [0.4, 0.5) is 0 Å². The van der Waals surface area contributed by atoms with Gasteiger partial charge in [0, 0.05) is 23.8 Å². The second-order valence-electron chi connectivity index (χ2n) is 8.69. The third-order valence-electron chi connectivity index (χ3n) is 6.36. The van der Waals surface area contributed by atoms with Gasteiger partial charge in [-0.15, -0.1) is 0 Å². The Morgan fingerprint density at radius 1 is 0.969 bits per heavy atom. The average Bonchev–Trinajstić information content (AvgIpc) is 3.49. The molecule has 0 aromatic heterocycles. The Morgan fingerprint density at radius 2 is 1.72 bits per heavy atom. The van der Waals surface area contributed by atoms with Crippen LogP contribution < -0.4 is 14.8 Å². The summed E-state index contributed by atoms with van der Waals surface area (Å²) in [5, 5.41) is 3.04. The van der Waals surface area contributed by atoms with Crippen LogP contribution in [-0.2, 0) is 14.3 Å². The summed E-state index contributed by atoms with van der Waals surface area (Å²) < 4.78 is 22.9. The number of methoxy groups -OCH3 is 1. The average molecular weight is 437 g/mol. The number of benzene rings is 2. The fourth-order valence-corrected chi connectivity index (χ4v) is 4.44. The highest BCUT2D eigenvalue weighted by molar-refractivity contribution is 5.94. The van der Waals surface area contributed by atoms with E-state index < -0.39 is 0 Å². The maximum Gasteiger partial charge on any atom is 0.251 e. The van der Waals surface area contributed by atoms with Gasteiger partial charge in [0.2, 0.25) is 0 Å². The van der Waals surface area contributed by atoms with Gasteiger partial charge in [-0.1, -0.05) is 6.07 Å². The van der Waals surface area contributed by atoms with Crippen molar-refractivity contribution in [2.45, 2.75) is 37.5 Å². The zero-order valence-corrected chi connectivity index (χ0v) is 18.0. The summed E-state index contributed by atoms with van der Waals surface area (Å²) >= 11 is 0. The topological polar surface area (TPSA) is 83.1 Å². The van der Waals surface area contributed by atoms with E-state index >= 15 is 0 Å². The van der Waals surface area contributed by atoms with E-state index in [0.29, 0.717) is 42.5 Å². The maximum absolute atomic E-state index is 12.9. The summed E-state index contributed by atoms with van der Waals surface area (Å²) in [7, 11) is 1.61. The second-order valence-corrected chi connectivity index (χ2v) is 8.69. The summed E-state index contributed by atoms with van der Waals surface area (Å²) in [4.78, 5) is 25.1. The van der Waals surface area contributed by atoms with Gasteiger partial charge in [0.15, 0.2) is 0 Å². The fourth-order valence-electron chi connectivity index (χ4n) is 4.44. The molecule has 0 bridgehead atoms. The van der Waals surface area contributed by atoms with Crippen molar-refractivity contribution < 1.29 is 28.5 Å². The first-order valence-electron chi connectivity index (χ1n) is 11.1. The summed E-state index contributed by atoms with van der Waals surface area (Å²) in [6.07, 6.45) is 2.20. The zero-order valence-electron chi connectivity index (χ0n) is 18.0. The Kier molecular flexibility index (Phi) is 5.85. The minimum absolute atomic E-state index is 0.0798. The summed E-state index contributed by atoms with van der Waals surface area (Å²) in [6.45, 7) is 0.891. The Morgan fingerprint density at radius 3 is 2.47 bits per heavy atom. The van der Waals surface area contributed by atoms with Gasteiger partial charge in [0.1, 0.15) is 29.1 Å². The van der Waals surface area contributed by atoms with Crippen LogP contribution in [0.3, 0.4) is 0 Å². The number of hydrogen-bond acceptors (Lipinski definition) is 6. The number of hydrogen-bond donors (Lipinski definition) is 1. The standard InChI is InChI=1S/C25H27NO6/c1-29-18-7-9-19(10-8-18)32-20-4-2-3-16(11-20)25(28)26-21-14-31-23-17(13-30-24(21)23)12-22(27)15-5-6-15/h2-4,7-11,15,17,21,23-24H,5-6,12-14H2,1H3,(H,26,28)/t17-,21-,23+,24+/m0/s1. The molecule has 0 unspecified atom stereocenters. The minimum Gasteiger partial charge on any atom is -0.497 e. The number of ketones is 1. The van der Waals surface area contributed by atoms with Crippen molar-refractivity contribution in [1.82, 2.24) is 5.32 Å². The predicted octanol–water partition coefficient (Wildman–Crippen LogP) is 3.37. The molecule has 2 heterocycles. The van der Waals surface area contributed by atoms with Crippen molar-refractivity contribution in [2.75, 3.05) is 20.3 Å². The molecule has 168 valence electrons. The largest absolute Gasteiger partial charge is 0.497 e. The van der Waals surface area contributed by atoms with E-state index in [4.69, 9.17) is 18.9 Å². The molecule has 3 aliphatic rings. The van der Waals surface area contributed by atoms with Crippen LogP contribution in [0.5, 0.6) is 17.2 Å². The minimum atomic E-state index is -0.236. The van der Waals surface area contributed by atoms with E-state index in [1.807, 2.05) is 24.3 Å². The van der Waals surface area contributed by atoms with Crippen molar-refractivity contribution in [3.05, 3.63) is 54.1 Å². The summed E-state index contributed by atoms with van der Waals surface area (Å²) in [5.74, 6) is 2.41. The highest BCUT2D eigenvalue weighted by Gasteiger charge is 2.49. The van der Waals surface area contributed by atoms with Crippen molar-refractivity contribution in [2.24, 2.45) is 11.8 Å². The Bertz CT molecular complexity index is 986. The van der Waals surface area contributed by atoms with Crippen LogP contribution in [0.25, 0.3) is 0 Å². The van der Waals surface area contributed by atoms with E-state index in [0.717, 1.165) is 18.6 Å². The van der Waals surface area contributed by atoms with Crippen LogP contribution in [-0.4, -0.2) is 50.3 Å². The lowest BCUT2D eigenvalue weighted by molar-refractivity contribution is -0.121. The number of nitrogens with one attached hydrogen (secondary N) is 1. The third-order valence-corrected chi connectivity index (χ3v) is 6.36. The van der Waals surface area contributed by atoms with E-state index in [1.165, 1.54) is 0 Å². The zero-order chi connectivity index (χ0) is 22.1. The first-order valence-corrected chi connectivity index (χ1v) is 11.1. The van der Waals surface area contributed by atoms with Crippen molar-refractivity contribution in [1.29, 1.82) is 0 Å². The molecule has 2 aromatic rings. The van der Waals surface area contributed by atoms with Crippen molar-refractivity contribution in [3.63, 3.8) is 0 Å². The SMILES string of the molecule is COc1ccc(Oc2cccc(C(=O)N[C@H]3CO[C@@H]4[C@@H](CC(=O)C5CC5)CO[C@@H]43)c2)cc1. The molecule has 7 nitrogen and oxygen atoms in total. The predicted molar refractivity (Wildman–Crippen MR) is 116 cm³/mol. The van der Waals surface area contributed by atoms with Gasteiger partial charge < -0.3 is 24.3 Å². The molecular formula is C25H27NO6. The van der Waals surface area contributed by atoms with Crippen LogP contribution in [0.2, 0.25) is 0 Å². The van der Waals surface area contributed by atoms with Crippen LogP contribution in [0.15, 0.2) is 48.5 Å². The molecule has 1 amide bonds. The molecule has 3 fully saturated rings. The van der Waals surface area contributed by atoms with Crippen LogP contribution >= 0.6 is 0 Å². The second kappa shape index (κ2) is 8.92. The smallest absolute Gasteiger partial charge is 0.251 e. The number of carbonyl (C=O) groups is 2. The van der Waals surface area contributed by atoms with Gasteiger partial charge in [-0.2, -0.15) is 0 Å². The highest BCUT2D eigenvalue weighted by atomic mass is 16.6. The molecular weight excluding hydrogens is 410 g/mol. The molecule has 2 saturated heterocycles. The monoisotopic (exact) mass is 437 g/mol. The molecule has 4 atom stereocenters. The van der Waals surface area contributed by atoms with Crippen LogP contribution in [0, 0.1) is 11.8 Å². The first kappa shape index (κ1) is 21.0. The Labute approximate surface area is 187 Å². The maximum atomic E-state index is 12.9. The molecule has 2 aliphatic heterocycles. The van der Waals surface area contributed by atoms with Gasteiger partial charge in [-0.05, 0) is 55.3 Å². The summed E-state index contributed by atoms with van der Waals surface area (Å²) in [5.41, 5.74) is 0.498. The molecule has 7 heteroatoms. The van der Waals surface area contributed by atoms with Gasteiger partial charge >= 0.3 is 0 Å². The molecule has 1 aliphatic carbocycles. The number of carbonyl (C=O) groups excluding carboxylic acids is 2. The third kappa shape index (κ3) is 4.49. The van der Waals surface area contributed by atoms with E-state index in [9.17, 15) is 9.59 Å². The van der Waals surface area contributed by atoms with Gasteiger partial charge in [-0.25, -0.2) is 0 Å². The number of fused-ring (bicyclic) bond motifs is 1. The lowest BCUT2D eigenvalue weighted by Crippen LogP contribution is -2.44. The molecule has 32 heavy (non-hydrogen) atoms. The Hall–Kier alpha value is -2.90. The van der Waals surface area contributed by atoms with Crippen molar-refractivity contribution >= 4 is 11.7 Å². The fraction of sp³-hybridized carbons (Fsp3) is 0.440. The number of Topliss-reactive ketones (excluding diaryl/α,β-unsaturated/α-hetero) is 1. The molecule has 0 spiro atoms. The van der Waals surface area contributed by atoms with E-state index in [-0.39, 0.29) is 36.0 Å². The quantitative estimate of drug-likeness (QED) is 0.682. The number of rotatable bonds is 8. The molecule has 5 rings (SSSR count). The first-order chi connectivity index (χ1) is 15.6. The van der Waals surface area contributed by atoms with E-state index in [1.54, 1.807) is 31.4 Å². The lowest BCUT2D eigenvalue weighted by atomic mass is 9.94. The molecule has 0 radical (unpaired) electrons. The van der Waals surface area contributed by atoms with Gasteiger partial charge in [0.25, 0.3) is 5.91 Å². The Balaban J connectivity index is 1.19. The van der Waals surface area contributed by atoms with Crippen molar-refractivity contribution in [3.8, 4) is 17.2 Å². The normalized spacial score (nSPS) is 26.4. The molecule has 2 aromatic carbocycles. The highest BCUT2D eigenvalue weighted by Crippen LogP contribution is 2.37. The molecule has 1 saturated carbocycles.